The molecule has 1 aliphatic heterocycles. The van der Waals surface area contributed by atoms with Crippen molar-refractivity contribution < 1.29 is 14.3 Å². The number of carbonyl (C=O) groups excluding carboxylic acids is 2. The van der Waals surface area contributed by atoms with Crippen LogP contribution in [0.1, 0.15) is 16.8 Å². The number of benzene rings is 1. The van der Waals surface area contributed by atoms with Gasteiger partial charge in [-0.05, 0) is 18.2 Å². The fourth-order valence-electron chi connectivity index (χ4n) is 2.31. The van der Waals surface area contributed by atoms with Gasteiger partial charge < -0.3 is 14.5 Å². The van der Waals surface area contributed by atoms with Gasteiger partial charge in [-0.2, -0.15) is 0 Å². The van der Waals surface area contributed by atoms with Gasteiger partial charge in [0.1, 0.15) is 0 Å². The molecule has 0 spiro atoms. The van der Waals surface area contributed by atoms with E-state index in [1.54, 1.807) is 16.9 Å². The summed E-state index contributed by atoms with van der Waals surface area (Å²) >= 11 is 3.37. The summed E-state index contributed by atoms with van der Waals surface area (Å²) in [7, 11) is 1.59. The molecule has 0 radical (unpaired) electrons. The standard InChI is InChI=1S/C15H19BrN2O3/c1-21-10-5-14(19)17-6-8-18(9-7-17)15(20)12-3-2-4-13(16)11-12/h2-4,11H,5-10H2,1H3. The summed E-state index contributed by atoms with van der Waals surface area (Å²) in [5, 5.41) is 0. The smallest absolute Gasteiger partial charge is 0.254 e. The van der Waals surface area contributed by atoms with Crippen molar-refractivity contribution in [2.24, 2.45) is 0 Å². The molecule has 0 unspecified atom stereocenters. The van der Waals surface area contributed by atoms with Crippen LogP contribution < -0.4 is 0 Å². The van der Waals surface area contributed by atoms with E-state index in [2.05, 4.69) is 15.9 Å². The van der Waals surface area contributed by atoms with Crippen LogP contribution in [0.2, 0.25) is 0 Å². The average Bonchev–Trinajstić information content (AvgIpc) is 2.52. The Kier molecular flexibility index (Phi) is 5.76. The Morgan fingerprint density at radius 1 is 1.19 bits per heavy atom. The highest BCUT2D eigenvalue weighted by Crippen LogP contribution is 2.15. The number of hydrogen-bond acceptors (Lipinski definition) is 3. The number of piperazine rings is 1. The third-order valence-electron chi connectivity index (χ3n) is 3.51. The van der Waals surface area contributed by atoms with Crippen LogP contribution in [-0.2, 0) is 9.53 Å². The third kappa shape index (κ3) is 4.28. The van der Waals surface area contributed by atoms with Crippen molar-refractivity contribution in [3.8, 4) is 0 Å². The van der Waals surface area contributed by atoms with Gasteiger partial charge in [0.25, 0.3) is 5.91 Å². The molecule has 0 bridgehead atoms. The molecule has 1 heterocycles. The molecule has 0 aromatic heterocycles. The summed E-state index contributed by atoms with van der Waals surface area (Å²) in [6.45, 7) is 2.76. The molecule has 1 saturated heterocycles. The van der Waals surface area contributed by atoms with Crippen molar-refractivity contribution in [1.29, 1.82) is 0 Å². The average molecular weight is 355 g/mol. The third-order valence-corrected chi connectivity index (χ3v) is 4.00. The Bertz CT molecular complexity index is 513. The SMILES string of the molecule is COCCC(=O)N1CCN(C(=O)c2cccc(Br)c2)CC1. The molecule has 1 fully saturated rings. The van der Waals surface area contributed by atoms with E-state index in [4.69, 9.17) is 4.74 Å². The zero-order chi connectivity index (χ0) is 15.2. The van der Waals surface area contributed by atoms with Gasteiger partial charge in [-0.3, -0.25) is 9.59 Å². The quantitative estimate of drug-likeness (QED) is 0.827. The first-order valence-corrected chi connectivity index (χ1v) is 7.72. The predicted octanol–water partition coefficient (Wildman–Crippen LogP) is 1.77. The Morgan fingerprint density at radius 3 is 2.48 bits per heavy atom. The van der Waals surface area contributed by atoms with Gasteiger partial charge in [0.2, 0.25) is 5.91 Å². The molecular formula is C15H19BrN2O3. The molecular weight excluding hydrogens is 336 g/mol. The van der Waals surface area contributed by atoms with Crippen molar-refractivity contribution in [2.45, 2.75) is 6.42 Å². The number of hydrogen-bond donors (Lipinski definition) is 0. The molecule has 5 nitrogen and oxygen atoms in total. The maximum absolute atomic E-state index is 12.4. The van der Waals surface area contributed by atoms with Crippen LogP contribution in [-0.4, -0.2) is 61.5 Å². The summed E-state index contributed by atoms with van der Waals surface area (Å²) in [5.41, 5.74) is 0.670. The maximum Gasteiger partial charge on any atom is 0.254 e. The monoisotopic (exact) mass is 354 g/mol. The van der Waals surface area contributed by atoms with E-state index in [9.17, 15) is 9.59 Å². The number of rotatable bonds is 4. The van der Waals surface area contributed by atoms with E-state index in [1.165, 1.54) is 0 Å². The second kappa shape index (κ2) is 7.56. The van der Waals surface area contributed by atoms with Crippen LogP contribution in [0.5, 0.6) is 0 Å². The van der Waals surface area contributed by atoms with Crippen LogP contribution in [0.3, 0.4) is 0 Å². The summed E-state index contributed by atoms with van der Waals surface area (Å²) < 4.78 is 5.81. The lowest BCUT2D eigenvalue weighted by Crippen LogP contribution is -2.50. The van der Waals surface area contributed by atoms with Crippen LogP contribution in [0.15, 0.2) is 28.7 Å². The van der Waals surface area contributed by atoms with Crippen molar-refractivity contribution in [2.75, 3.05) is 39.9 Å². The minimum absolute atomic E-state index is 0.0142. The van der Waals surface area contributed by atoms with Crippen LogP contribution in [0, 0.1) is 0 Å². The first-order valence-electron chi connectivity index (χ1n) is 6.93. The Hall–Kier alpha value is -1.40. The summed E-state index contributed by atoms with van der Waals surface area (Å²) in [4.78, 5) is 27.9. The second-order valence-electron chi connectivity index (χ2n) is 4.93. The Labute approximate surface area is 133 Å². The molecule has 2 rings (SSSR count). The van der Waals surface area contributed by atoms with Gasteiger partial charge in [0, 0.05) is 43.3 Å². The van der Waals surface area contributed by atoms with E-state index in [-0.39, 0.29) is 11.8 Å². The summed E-state index contributed by atoms with van der Waals surface area (Å²) in [5.74, 6) is 0.103. The van der Waals surface area contributed by atoms with Crippen molar-refractivity contribution in [3.05, 3.63) is 34.3 Å². The second-order valence-corrected chi connectivity index (χ2v) is 5.84. The molecule has 1 aliphatic rings. The number of methoxy groups -OCH3 is 1. The molecule has 6 heteroatoms. The van der Waals surface area contributed by atoms with Gasteiger partial charge in [0.15, 0.2) is 0 Å². The fraction of sp³-hybridized carbons (Fsp3) is 0.467. The first-order chi connectivity index (χ1) is 10.1. The number of amides is 2. The normalized spacial score (nSPS) is 15.1. The molecule has 1 aromatic carbocycles. The van der Waals surface area contributed by atoms with E-state index in [0.29, 0.717) is 44.8 Å². The van der Waals surface area contributed by atoms with Crippen molar-refractivity contribution in [3.63, 3.8) is 0 Å². The lowest BCUT2D eigenvalue weighted by atomic mass is 10.2. The van der Waals surface area contributed by atoms with Crippen LogP contribution in [0.4, 0.5) is 0 Å². The van der Waals surface area contributed by atoms with Gasteiger partial charge >= 0.3 is 0 Å². The molecule has 0 N–H and O–H groups in total. The molecule has 114 valence electrons. The van der Waals surface area contributed by atoms with Crippen molar-refractivity contribution >= 4 is 27.7 Å². The highest BCUT2D eigenvalue weighted by atomic mass is 79.9. The fourth-order valence-corrected chi connectivity index (χ4v) is 2.71. The minimum atomic E-state index is 0.0142. The van der Waals surface area contributed by atoms with E-state index < -0.39 is 0 Å². The summed E-state index contributed by atoms with van der Waals surface area (Å²) in [6, 6.07) is 7.37. The number of ether oxygens (including phenoxy) is 1. The molecule has 0 saturated carbocycles. The lowest BCUT2D eigenvalue weighted by Gasteiger charge is -2.34. The topological polar surface area (TPSA) is 49.9 Å². The molecule has 21 heavy (non-hydrogen) atoms. The molecule has 1 aromatic rings. The highest BCUT2D eigenvalue weighted by Gasteiger charge is 2.24. The summed E-state index contributed by atoms with van der Waals surface area (Å²) in [6.07, 6.45) is 0.399. The maximum atomic E-state index is 12.4. The Balaban J connectivity index is 1.89. The predicted molar refractivity (Wildman–Crippen MR) is 83.1 cm³/mol. The largest absolute Gasteiger partial charge is 0.384 e. The number of halogens is 1. The van der Waals surface area contributed by atoms with Crippen molar-refractivity contribution in [1.82, 2.24) is 9.80 Å². The zero-order valence-corrected chi connectivity index (χ0v) is 13.6. The molecule has 2 amide bonds. The minimum Gasteiger partial charge on any atom is -0.384 e. The van der Waals surface area contributed by atoms with Gasteiger partial charge in [-0.25, -0.2) is 0 Å². The first kappa shape index (κ1) is 16.0. The number of nitrogens with zero attached hydrogens (tertiary/aromatic N) is 2. The van der Waals surface area contributed by atoms with Crippen LogP contribution >= 0.6 is 15.9 Å². The van der Waals surface area contributed by atoms with Crippen LogP contribution in [0.25, 0.3) is 0 Å². The number of carbonyl (C=O) groups is 2. The van der Waals surface area contributed by atoms with Gasteiger partial charge in [-0.15, -0.1) is 0 Å². The van der Waals surface area contributed by atoms with E-state index >= 15 is 0 Å². The van der Waals surface area contributed by atoms with E-state index in [0.717, 1.165) is 4.47 Å². The van der Waals surface area contributed by atoms with E-state index in [1.807, 2.05) is 24.3 Å². The molecule has 0 atom stereocenters. The zero-order valence-electron chi connectivity index (χ0n) is 12.0. The highest BCUT2D eigenvalue weighted by molar-refractivity contribution is 9.10. The molecule has 0 aliphatic carbocycles. The Morgan fingerprint density at radius 2 is 1.86 bits per heavy atom. The van der Waals surface area contributed by atoms with Gasteiger partial charge in [-0.1, -0.05) is 22.0 Å². The lowest BCUT2D eigenvalue weighted by molar-refractivity contribution is -0.133. The van der Waals surface area contributed by atoms with Gasteiger partial charge in [0.05, 0.1) is 13.0 Å².